The molecule has 0 unspecified atom stereocenters. The quantitative estimate of drug-likeness (QED) is 0.905. The Hall–Kier alpha value is -0.960. The van der Waals surface area contributed by atoms with E-state index in [-0.39, 0.29) is 15.2 Å². The maximum atomic E-state index is 12.3. The van der Waals surface area contributed by atoms with Crippen molar-refractivity contribution in [1.29, 1.82) is 0 Å². The Morgan fingerprint density at radius 2 is 2.05 bits per heavy atom. The third-order valence-electron chi connectivity index (χ3n) is 3.12. The molecule has 1 aromatic rings. The normalized spacial score (nSPS) is 18.6. The van der Waals surface area contributed by atoms with Crippen molar-refractivity contribution in [3.8, 4) is 0 Å². The van der Waals surface area contributed by atoms with Crippen LogP contribution in [0.4, 0.5) is 0 Å². The topological polar surface area (TPSA) is 83.9 Å². The largest absolute Gasteiger partial charge is 0.477 e. The van der Waals surface area contributed by atoms with Crippen LogP contribution in [0, 0.1) is 0 Å². The van der Waals surface area contributed by atoms with Gasteiger partial charge in [-0.05, 0) is 25.0 Å². The summed E-state index contributed by atoms with van der Waals surface area (Å²) in [5.74, 6) is -1.11. The first kappa shape index (κ1) is 14.4. The van der Waals surface area contributed by atoms with Crippen LogP contribution < -0.4 is 0 Å². The smallest absolute Gasteiger partial charge is 0.345 e. The molecule has 0 atom stereocenters. The number of aromatic carboxylic acids is 1. The van der Waals surface area contributed by atoms with E-state index in [1.165, 1.54) is 16.4 Å². The van der Waals surface area contributed by atoms with Crippen molar-refractivity contribution in [1.82, 2.24) is 4.31 Å². The minimum Gasteiger partial charge on any atom is -0.477 e. The summed E-state index contributed by atoms with van der Waals surface area (Å²) in [7, 11) is -1.96. The van der Waals surface area contributed by atoms with Crippen molar-refractivity contribution in [3.05, 3.63) is 17.0 Å². The second kappa shape index (κ2) is 5.58. The second-order valence-electron chi connectivity index (χ2n) is 4.26. The van der Waals surface area contributed by atoms with Gasteiger partial charge in [0, 0.05) is 20.2 Å². The highest BCUT2D eigenvalue weighted by Gasteiger charge is 2.30. The standard InChI is InChI=1S/C11H15NO5S2/c1-17-8-4-6-12(7-5-8)19(15,16)10-3-2-9(18-10)11(13)14/h2-3,8H,4-7H2,1H3,(H,13,14). The zero-order valence-corrected chi connectivity index (χ0v) is 12.0. The van der Waals surface area contributed by atoms with Crippen LogP contribution in [0.2, 0.25) is 0 Å². The molecule has 1 fully saturated rings. The second-order valence-corrected chi connectivity index (χ2v) is 7.51. The summed E-state index contributed by atoms with van der Waals surface area (Å²) in [5.41, 5.74) is 0. The first-order valence-corrected chi connectivity index (χ1v) is 8.07. The van der Waals surface area contributed by atoms with Gasteiger partial charge in [0.25, 0.3) is 10.0 Å². The van der Waals surface area contributed by atoms with Crippen molar-refractivity contribution in [3.63, 3.8) is 0 Å². The molecule has 6 nitrogen and oxygen atoms in total. The molecule has 0 radical (unpaired) electrons. The van der Waals surface area contributed by atoms with Gasteiger partial charge in [0.2, 0.25) is 0 Å². The molecule has 8 heteroatoms. The lowest BCUT2D eigenvalue weighted by atomic mass is 10.1. The Balaban J connectivity index is 2.16. The van der Waals surface area contributed by atoms with Crippen LogP contribution >= 0.6 is 11.3 Å². The number of hydrogen-bond donors (Lipinski definition) is 1. The molecule has 1 aromatic heterocycles. The maximum Gasteiger partial charge on any atom is 0.345 e. The fraction of sp³-hybridized carbons (Fsp3) is 0.545. The number of carboxylic acids is 1. The summed E-state index contributed by atoms with van der Waals surface area (Å²) in [6.45, 7) is 0.808. The van der Waals surface area contributed by atoms with Gasteiger partial charge in [-0.1, -0.05) is 0 Å². The molecule has 0 aromatic carbocycles. The van der Waals surface area contributed by atoms with Gasteiger partial charge in [-0.3, -0.25) is 0 Å². The number of nitrogens with zero attached hydrogens (tertiary/aromatic N) is 1. The zero-order chi connectivity index (χ0) is 14.0. The molecule has 1 saturated heterocycles. The fourth-order valence-electron chi connectivity index (χ4n) is 2.01. The summed E-state index contributed by atoms with van der Waals surface area (Å²) in [4.78, 5) is 10.8. The first-order valence-electron chi connectivity index (χ1n) is 5.81. The monoisotopic (exact) mass is 305 g/mol. The Labute approximate surface area is 115 Å². The summed E-state index contributed by atoms with van der Waals surface area (Å²) < 4.78 is 31.3. The van der Waals surface area contributed by atoms with Crippen LogP contribution in [-0.4, -0.2) is 50.1 Å². The minimum absolute atomic E-state index is 0.0327. The van der Waals surface area contributed by atoms with Crippen LogP contribution in [0.15, 0.2) is 16.3 Å². The van der Waals surface area contributed by atoms with Crippen molar-refractivity contribution in [2.24, 2.45) is 0 Å². The zero-order valence-electron chi connectivity index (χ0n) is 10.4. The first-order chi connectivity index (χ1) is 8.95. The van der Waals surface area contributed by atoms with Crippen molar-refractivity contribution in [2.75, 3.05) is 20.2 Å². The van der Waals surface area contributed by atoms with E-state index < -0.39 is 16.0 Å². The van der Waals surface area contributed by atoms with Gasteiger partial charge in [-0.25, -0.2) is 13.2 Å². The lowest BCUT2D eigenvalue weighted by Gasteiger charge is -2.29. The van der Waals surface area contributed by atoms with E-state index in [1.807, 2.05) is 0 Å². The molecule has 2 rings (SSSR count). The number of hydrogen-bond acceptors (Lipinski definition) is 5. The summed E-state index contributed by atoms with van der Waals surface area (Å²) >= 11 is 0.788. The third kappa shape index (κ3) is 2.97. The minimum atomic E-state index is -3.57. The van der Waals surface area contributed by atoms with Crippen LogP contribution in [0.5, 0.6) is 0 Å². The maximum absolute atomic E-state index is 12.3. The van der Waals surface area contributed by atoms with E-state index in [9.17, 15) is 13.2 Å². The van der Waals surface area contributed by atoms with E-state index in [0.717, 1.165) is 11.3 Å². The Kier molecular flexibility index (Phi) is 4.24. The summed E-state index contributed by atoms with van der Waals surface area (Å²) in [5, 5.41) is 8.83. The predicted molar refractivity (Wildman–Crippen MR) is 70.1 cm³/mol. The van der Waals surface area contributed by atoms with Crippen molar-refractivity contribution >= 4 is 27.3 Å². The van der Waals surface area contributed by atoms with Gasteiger partial charge in [-0.2, -0.15) is 4.31 Å². The molecule has 0 saturated carbocycles. The third-order valence-corrected chi connectivity index (χ3v) is 6.56. The molecule has 1 aliphatic rings. The van der Waals surface area contributed by atoms with E-state index in [2.05, 4.69) is 0 Å². The van der Waals surface area contributed by atoms with Gasteiger partial charge >= 0.3 is 5.97 Å². The molecule has 1 N–H and O–H groups in total. The number of methoxy groups -OCH3 is 1. The lowest BCUT2D eigenvalue weighted by molar-refractivity contribution is 0.0604. The van der Waals surface area contributed by atoms with Gasteiger partial charge in [0.05, 0.1) is 6.10 Å². The van der Waals surface area contributed by atoms with E-state index in [0.29, 0.717) is 25.9 Å². The Morgan fingerprint density at radius 1 is 1.42 bits per heavy atom. The number of carboxylic acid groups (broad SMARTS) is 1. The average Bonchev–Trinajstić information content (AvgIpc) is 2.89. The van der Waals surface area contributed by atoms with E-state index in [1.54, 1.807) is 7.11 Å². The molecule has 0 aliphatic carbocycles. The van der Waals surface area contributed by atoms with E-state index >= 15 is 0 Å². The number of carbonyl (C=O) groups is 1. The highest BCUT2D eigenvalue weighted by molar-refractivity contribution is 7.91. The summed E-state index contributed by atoms with van der Waals surface area (Å²) in [6.07, 6.45) is 1.42. The van der Waals surface area contributed by atoms with Crippen molar-refractivity contribution < 1.29 is 23.1 Å². The Bertz CT molecular complexity index is 557. The molecule has 2 heterocycles. The average molecular weight is 305 g/mol. The SMILES string of the molecule is COC1CCN(S(=O)(=O)c2ccc(C(=O)O)s2)CC1. The van der Waals surface area contributed by atoms with Crippen LogP contribution in [-0.2, 0) is 14.8 Å². The number of sulfonamides is 1. The fourth-order valence-corrected chi connectivity index (χ4v) is 4.78. The molecule has 1 aliphatic heterocycles. The van der Waals surface area contributed by atoms with Crippen LogP contribution in [0.3, 0.4) is 0 Å². The highest BCUT2D eigenvalue weighted by Crippen LogP contribution is 2.27. The van der Waals surface area contributed by atoms with Gasteiger partial charge in [0.15, 0.2) is 0 Å². The van der Waals surface area contributed by atoms with Crippen LogP contribution in [0.25, 0.3) is 0 Å². The Morgan fingerprint density at radius 3 is 2.53 bits per heavy atom. The predicted octanol–water partition coefficient (Wildman–Crippen LogP) is 1.25. The van der Waals surface area contributed by atoms with Gasteiger partial charge < -0.3 is 9.84 Å². The molecule has 19 heavy (non-hydrogen) atoms. The number of rotatable bonds is 4. The van der Waals surface area contributed by atoms with Gasteiger partial charge in [0.1, 0.15) is 9.09 Å². The van der Waals surface area contributed by atoms with Gasteiger partial charge in [-0.15, -0.1) is 11.3 Å². The van der Waals surface area contributed by atoms with E-state index in [4.69, 9.17) is 9.84 Å². The molecular formula is C11H15NO5S2. The number of piperidine rings is 1. The number of thiophene rings is 1. The van der Waals surface area contributed by atoms with Crippen molar-refractivity contribution in [2.45, 2.75) is 23.2 Å². The molecular weight excluding hydrogens is 290 g/mol. The molecule has 0 amide bonds. The molecule has 0 bridgehead atoms. The number of ether oxygens (including phenoxy) is 1. The lowest BCUT2D eigenvalue weighted by Crippen LogP contribution is -2.40. The molecule has 0 spiro atoms. The highest BCUT2D eigenvalue weighted by atomic mass is 32.2. The van der Waals surface area contributed by atoms with Crippen LogP contribution in [0.1, 0.15) is 22.5 Å². The summed E-state index contributed by atoms with van der Waals surface area (Å²) in [6, 6.07) is 2.67. The molecule has 106 valence electrons.